The lowest BCUT2D eigenvalue weighted by atomic mass is 9.80. The van der Waals surface area contributed by atoms with Crippen LogP contribution in [0.4, 0.5) is 0 Å². The summed E-state index contributed by atoms with van der Waals surface area (Å²) in [6.45, 7) is 23.2. The lowest BCUT2D eigenvalue weighted by Gasteiger charge is -2.39. The highest BCUT2D eigenvalue weighted by molar-refractivity contribution is 7.90. The zero-order valence-corrected chi connectivity index (χ0v) is 25.0. The molecular weight excluding hydrogens is 444 g/mol. The van der Waals surface area contributed by atoms with Crippen LogP contribution in [0.25, 0.3) is 0 Å². The van der Waals surface area contributed by atoms with Crippen LogP contribution in [0.1, 0.15) is 109 Å². The molecule has 0 rings (SSSR count). The molecular formula is C24H52N2O4S2. The van der Waals surface area contributed by atoms with Crippen molar-refractivity contribution >= 4 is 20.0 Å². The van der Waals surface area contributed by atoms with E-state index in [1.807, 2.05) is 13.8 Å². The third kappa shape index (κ3) is 8.24. The Kier molecular flexibility index (Phi) is 10.1. The molecule has 0 aliphatic heterocycles. The van der Waals surface area contributed by atoms with E-state index in [1.54, 1.807) is 48.7 Å². The maximum atomic E-state index is 13.4. The highest BCUT2D eigenvalue weighted by Gasteiger charge is 2.42. The molecule has 0 unspecified atom stereocenters. The Morgan fingerprint density at radius 1 is 0.625 bits per heavy atom. The van der Waals surface area contributed by atoms with Crippen LogP contribution in [0.5, 0.6) is 0 Å². The van der Waals surface area contributed by atoms with Crippen molar-refractivity contribution in [2.75, 3.05) is 14.1 Å². The fourth-order valence-corrected chi connectivity index (χ4v) is 7.21. The molecule has 194 valence electrons. The predicted molar refractivity (Wildman–Crippen MR) is 138 cm³/mol. The van der Waals surface area contributed by atoms with E-state index in [0.29, 0.717) is 19.3 Å². The summed E-state index contributed by atoms with van der Waals surface area (Å²) in [4.78, 5) is 0. The van der Waals surface area contributed by atoms with Gasteiger partial charge >= 0.3 is 0 Å². The molecule has 2 atom stereocenters. The van der Waals surface area contributed by atoms with Gasteiger partial charge in [-0.1, -0.05) is 34.6 Å². The van der Waals surface area contributed by atoms with Crippen molar-refractivity contribution in [2.24, 2.45) is 10.8 Å². The van der Waals surface area contributed by atoms with Gasteiger partial charge in [0.2, 0.25) is 20.0 Å². The van der Waals surface area contributed by atoms with Gasteiger partial charge in [-0.15, -0.1) is 0 Å². The molecule has 0 saturated carbocycles. The minimum atomic E-state index is -3.49. The molecule has 0 aliphatic carbocycles. The molecule has 0 aromatic rings. The second-order valence-corrected chi connectivity index (χ2v) is 18.6. The SMILES string of the molecule is C[C@H](CC(C)(C)C)N(C)S(=O)(=O)C(C)(C)CCC(C)(C)C[C@H](C)N(C)S(=O)(=O)C(C)(C)C. The third-order valence-electron chi connectivity index (χ3n) is 6.63. The molecule has 0 saturated heterocycles. The average molecular weight is 497 g/mol. The Bertz CT molecular complexity index is 817. The van der Waals surface area contributed by atoms with Crippen LogP contribution in [0, 0.1) is 10.8 Å². The lowest BCUT2D eigenvalue weighted by molar-refractivity contribution is 0.217. The van der Waals surface area contributed by atoms with Crippen LogP contribution in [0.3, 0.4) is 0 Å². The van der Waals surface area contributed by atoms with E-state index in [9.17, 15) is 16.8 Å². The van der Waals surface area contributed by atoms with Crippen molar-refractivity contribution < 1.29 is 16.8 Å². The smallest absolute Gasteiger partial charge is 0.212 e. The first-order chi connectivity index (χ1) is 13.8. The van der Waals surface area contributed by atoms with Crippen LogP contribution >= 0.6 is 0 Å². The second-order valence-electron chi connectivity index (χ2n) is 13.2. The Morgan fingerprint density at radius 2 is 1.00 bits per heavy atom. The normalized spacial score (nSPS) is 17.1. The fraction of sp³-hybridized carbons (Fsp3) is 1.00. The van der Waals surface area contributed by atoms with Gasteiger partial charge in [-0.3, -0.25) is 0 Å². The number of rotatable bonds is 11. The number of nitrogens with zero attached hydrogens (tertiary/aromatic N) is 2. The van der Waals surface area contributed by atoms with Crippen LogP contribution in [-0.4, -0.2) is 61.1 Å². The van der Waals surface area contributed by atoms with Gasteiger partial charge < -0.3 is 0 Å². The van der Waals surface area contributed by atoms with Crippen molar-refractivity contribution in [1.29, 1.82) is 0 Å². The van der Waals surface area contributed by atoms with Crippen molar-refractivity contribution in [3.63, 3.8) is 0 Å². The zero-order valence-electron chi connectivity index (χ0n) is 23.3. The van der Waals surface area contributed by atoms with Gasteiger partial charge in [-0.2, -0.15) is 0 Å². The first kappa shape index (κ1) is 31.8. The average Bonchev–Trinajstić information content (AvgIpc) is 2.55. The number of hydrogen-bond donors (Lipinski definition) is 0. The summed E-state index contributed by atoms with van der Waals surface area (Å²) >= 11 is 0. The summed E-state index contributed by atoms with van der Waals surface area (Å²) in [7, 11) is -3.58. The topological polar surface area (TPSA) is 74.8 Å². The largest absolute Gasteiger partial charge is 0.219 e. The standard InChI is InChI=1S/C24H52N2O4S2/c1-19(17-21(3,4)5)26(14)32(29,30)24(11,12)16-15-23(9,10)18-20(2)25(13)31(27,28)22(6,7)8/h19-20H,15-18H2,1-14H3/t19-,20+/m1/s1. The summed E-state index contributed by atoms with van der Waals surface area (Å²) in [5, 5.41) is 0. The van der Waals surface area contributed by atoms with E-state index in [4.69, 9.17) is 0 Å². The van der Waals surface area contributed by atoms with E-state index in [1.165, 1.54) is 8.61 Å². The van der Waals surface area contributed by atoms with Gasteiger partial charge in [0.25, 0.3) is 0 Å². The number of sulfonamides is 2. The highest BCUT2D eigenvalue weighted by Crippen LogP contribution is 2.37. The molecule has 0 bridgehead atoms. The van der Waals surface area contributed by atoms with E-state index in [2.05, 4.69) is 34.6 Å². The van der Waals surface area contributed by atoms with Crippen molar-refractivity contribution in [3.8, 4) is 0 Å². The summed E-state index contributed by atoms with van der Waals surface area (Å²) < 4.78 is 53.7. The van der Waals surface area contributed by atoms with Crippen molar-refractivity contribution in [1.82, 2.24) is 8.61 Å². The van der Waals surface area contributed by atoms with E-state index < -0.39 is 29.5 Å². The van der Waals surface area contributed by atoms with Gasteiger partial charge in [0.15, 0.2) is 0 Å². The van der Waals surface area contributed by atoms with Crippen molar-refractivity contribution in [2.45, 2.75) is 130 Å². The third-order valence-corrected chi connectivity index (χ3v) is 12.0. The molecule has 0 fully saturated rings. The number of hydrogen-bond acceptors (Lipinski definition) is 4. The van der Waals surface area contributed by atoms with Gasteiger partial charge in [0.05, 0.1) is 9.49 Å². The molecule has 0 N–H and O–H groups in total. The summed E-state index contributed by atoms with van der Waals surface area (Å²) in [6, 6.07) is -0.257. The predicted octanol–water partition coefficient (Wildman–Crippen LogP) is 5.50. The quantitative estimate of drug-likeness (QED) is 0.379. The fourth-order valence-electron chi connectivity index (χ4n) is 4.11. The van der Waals surface area contributed by atoms with E-state index >= 15 is 0 Å². The first-order valence-electron chi connectivity index (χ1n) is 11.7. The van der Waals surface area contributed by atoms with Gasteiger partial charge in [-0.25, -0.2) is 25.4 Å². The Labute approximate surface area is 200 Å². The van der Waals surface area contributed by atoms with Gasteiger partial charge in [-0.05, 0) is 85.0 Å². The molecule has 32 heavy (non-hydrogen) atoms. The van der Waals surface area contributed by atoms with Crippen LogP contribution in [0.2, 0.25) is 0 Å². The molecule has 0 amide bonds. The molecule has 0 heterocycles. The monoisotopic (exact) mass is 496 g/mol. The second kappa shape index (κ2) is 10.2. The van der Waals surface area contributed by atoms with Crippen molar-refractivity contribution in [3.05, 3.63) is 0 Å². The Morgan fingerprint density at radius 3 is 1.38 bits per heavy atom. The van der Waals surface area contributed by atoms with Crippen LogP contribution in [-0.2, 0) is 20.0 Å². The van der Waals surface area contributed by atoms with Crippen LogP contribution in [0.15, 0.2) is 0 Å². The summed E-state index contributed by atoms with van der Waals surface area (Å²) in [6.07, 6.45) is 2.65. The molecule has 0 aliphatic rings. The maximum Gasteiger partial charge on any atom is 0.219 e. The summed E-state index contributed by atoms with van der Waals surface area (Å²) in [5.41, 5.74) is -0.158. The van der Waals surface area contributed by atoms with E-state index in [0.717, 1.165) is 6.42 Å². The molecule has 8 heteroatoms. The van der Waals surface area contributed by atoms with Crippen LogP contribution < -0.4 is 0 Å². The van der Waals surface area contributed by atoms with Gasteiger partial charge in [0.1, 0.15) is 0 Å². The maximum absolute atomic E-state index is 13.4. The molecule has 6 nitrogen and oxygen atoms in total. The lowest BCUT2D eigenvalue weighted by Crippen LogP contribution is -2.48. The molecule has 0 aromatic heterocycles. The zero-order chi connectivity index (χ0) is 26.1. The summed E-state index contributed by atoms with van der Waals surface area (Å²) in [5.74, 6) is 0. The van der Waals surface area contributed by atoms with Gasteiger partial charge in [0, 0.05) is 26.2 Å². The Balaban J connectivity index is 5.37. The molecule has 0 aromatic carbocycles. The molecule has 0 spiro atoms. The Hall–Kier alpha value is -0.180. The molecule has 0 radical (unpaired) electrons. The minimum absolute atomic E-state index is 0.0465. The highest BCUT2D eigenvalue weighted by atomic mass is 32.2. The minimum Gasteiger partial charge on any atom is -0.212 e. The van der Waals surface area contributed by atoms with E-state index in [-0.39, 0.29) is 22.9 Å². The first-order valence-corrected chi connectivity index (χ1v) is 14.6.